The number of hydrogen-bond acceptors (Lipinski definition) is 3. The van der Waals surface area contributed by atoms with E-state index in [4.69, 9.17) is 16.3 Å². The standard InChI is InChI=1S/C11H20ClNO2S/c12-5-8-15-7-3-6-13-11(14)10-4-1-2-9-16-10/h10H,1-9H2,(H,13,14). The number of carbonyl (C=O) groups excluding carboxylic acids is 1. The Morgan fingerprint density at radius 3 is 3.00 bits per heavy atom. The first-order valence-electron chi connectivity index (χ1n) is 5.87. The summed E-state index contributed by atoms with van der Waals surface area (Å²) >= 11 is 7.25. The molecule has 0 radical (unpaired) electrons. The van der Waals surface area contributed by atoms with Gasteiger partial charge in [-0.25, -0.2) is 0 Å². The molecule has 0 saturated carbocycles. The lowest BCUT2D eigenvalue weighted by atomic mass is 10.2. The van der Waals surface area contributed by atoms with Crippen LogP contribution in [0.2, 0.25) is 0 Å². The van der Waals surface area contributed by atoms with Gasteiger partial charge in [0, 0.05) is 19.0 Å². The monoisotopic (exact) mass is 265 g/mol. The summed E-state index contributed by atoms with van der Waals surface area (Å²) in [4.78, 5) is 11.7. The molecule has 0 bridgehead atoms. The van der Waals surface area contributed by atoms with E-state index in [0.717, 1.165) is 18.6 Å². The first-order valence-corrected chi connectivity index (χ1v) is 7.46. The van der Waals surface area contributed by atoms with Crippen molar-refractivity contribution < 1.29 is 9.53 Å². The van der Waals surface area contributed by atoms with Gasteiger partial charge in [-0.05, 0) is 25.0 Å². The molecule has 5 heteroatoms. The van der Waals surface area contributed by atoms with Crippen LogP contribution >= 0.6 is 23.4 Å². The van der Waals surface area contributed by atoms with E-state index < -0.39 is 0 Å². The number of alkyl halides is 1. The number of thioether (sulfide) groups is 1. The molecule has 1 fully saturated rings. The minimum Gasteiger partial charge on any atom is -0.380 e. The van der Waals surface area contributed by atoms with Crippen LogP contribution < -0.4 is 5.32 Å². The Kier molecular flexibility index (Phi) is 8.07. The molecule has 1 aliphatic rings. The highest BCUT2D eigenvalue weighted by molar-refractivity contribution is 8.00. The molecule has 94 valence electrons. The van der Waals surface area contributed by atoms with Crippen LogP contribution in [0.25, 0.3) is 0 Å². The van der Waals surface area contributed by atoms with Crippen LogP contribution in [0.1, 0.15) is 25.7 Å². The molecule has 1 rings (SSSR count). The number of ether oxygens (including phenoxy) is 1. The van der Waals surface area contributed by atoms with Gasteiger partial charge >= 0.3 is 0 Å². The van der Waals surface area contributed by atoms with Gasteiger partial charge in [-0.15, -0.1) is 23.4 Å². The quantitative estimate of drug-likeness (QED) is 0.566. The highest BCUT2D eigenvalue weighted by atomic mass is 35.5. The zero-order valence-corrected chi connectivity index (χ0v) is 11.1. The largest absolute Gasteiger partial charge is 0.380 e. The second-order valence-corrected chi connectivity index (χ2v) is 5.49. The maximum Gasteiger partial charge on any atom is 0.233 e. The van der Waals surface area contributed by atoms with Crippen molar-refractivity contribution in [1.29, 1.82) is 0 Å². The number of halogens is 1. The molecule has 1 atom stereocenters. The van der Waals surface area contributed by atoms with E-state index in [1.807, 2.05) is 0 Å². The summed E-state index contributed by atoms with van der Waals surface area (Å²) < 4.78 is 5.22. The lowest BCUT2D eigenvalue weighted by Crippen LogP contribution is -2.35. The lowest BCUT2D eigenvalue weighted by molar-refractivity contribution is -0.120. The van der Waals surface area contributed by atoms with Crippen molar-refractivity contribution in [3.05, 3.63) is 0 Å². The Hall–Kier alpha value is 0.0700. The third-order valence-electron chi connectivity index (χ3n) is 2.46. The molecular formula is C11H20ClNO2S. The fourth-order valence-electron chi connectivity index (χ4n) is 1.60. The van der Waals surface area contributed by atoms with Crippen molar-refractivity contribution in [3.8, 4) is 0 Å². The van der Waals surface area contributed by atoms with Crippen LogP contribution in [0.15, 0.2) is 0 Å². The third-order valence-corrected chi connectivity index (χ3v) is 3.99. The average molecular weight is 266 g/mol. The Labute approximate surface area is 107 Å². The highest BCUT2D eigenvalue weighted by Gasteiger charge is 2.20. The molecule has 0 aliphatic carbocycles. The molecule has 0 spiro atoms. The van der Waals surface area contributed by atoms with E-state index in [1.54, 1.807) is 11.8 Å². The molecular weight excluding hydrogens is 246 g/mol. The topological polar surface area (TPSA) is 38.3 Å². The summed E-state index contributed by atoms with van der Waals surface area (Å²) in [5.74, 6) is 1.85. The van der Waals surface area contributed by atoms with Crippen LogP contribution in [0.4, 0.5) is 0 Å². The SMILES string of the molecule is O=C(NCCCOCCCl)C1CCCCS1. The van der Waals surface area contributed by atoms with Gasteiger partial charge in [-0.3, -0.25) is 4.79 Å². The van der Waals surface area contributed by atoms with Crippen molar-refractivity contribution in [3.63, 3.8) is 0 Å². The van der Waals surface area contributed by atoms with Gasteiger partial charge in [0.05, 0.1) is 11.9 Å². The number of nitrogens with one attached hydrogen (secondary N) is 1. The number of hydrogen-bond donors (Lipinski definition) is 1. The summed E-state index contributed by atoms with van der Waals surface area (Å²) in [6, 6.07) is 0. The van der Waals surface area contributed by atoms with E-state index in [9.17, 15) is 4.79 Å². The van der Waals surface area contributed by atoms with Crippen LogP contribution in [0.3, 0.4) is 0 Å². The molecule has 1 N–H and O–H groups in total. The normalized spacial score (nSPS) is 20.7. The van der Waals surface area contributed by atoms with E-state index in [1.165, 1.54) is 12.8 Å². The third kappa shape index (κ3) is 5.97. The summed E-state index contributed by atoms with van der Waals surface area (Å²) in [6.45, 7) is 1.97. The number of carbonyl (C=O) groups is 1. The number of rotatable bonds is 7. The summed E-state index contributed by atoms with van der Waals surface area (Å²) in [5.41, 5.74) is 0. The van der Waals surface area contributed by atoms with Gasteiger partial charge in [0.15, 0.2) is 0 Å². The molecule has 1 unspecified atom stereocenters. The van der Waals surface area contributed by atoms with Gasteiger partial charge < -0.3 is 10.1 Å². The van der Waals surface area contributed by atoms with Crippen LogP contribution in [-0.4, -0.2) is 42.5 Å². The van der Waals surface area contributed by atoms with Gasteiger partial charge in [-0.1, -0.05) is 6.42 Å². The average Bonchev–Trinajstić information content (AvgIpc) is 2.34. The molecule has 0 aromatic rings. The van der Waals surface area contributed by atoms with E-state index >= 15 is 0 Å². The molecule has 0 aromatic heterocycles. The summed E-state index contributed by atoms with van der Waals surface area (Å²) in [6.07, 6.45) is 4.32. The second-order valence-electron chi connectivity index (χ2n) is 3.80. The first kappa shape index (κ1) is 14.1. The van der Waals surface area contributed by atoms with Crippen molar-refractivity contribution >= 4 is 29.3 Å². The van der Waals surface area contributed by atoms with E-state index in [2.05, 4.69) is 5.32 Å². The Morgan fingerprint density at radius 1 is 1.44 bits per heavy atom. The molecule has 1 heterocycles. The highest BCUT2D eigenvalue weighted by Crippen LogP contribution is 2.24. The Bertz CT molecular complexity index is 198. The molecule has 1 aliphatic heterocycles. The van der Waals surface area contributed by atoms with Crippen molar-refractivity contribution in [1.82, 2.24) is 5.32 Å². The minimum absolute atomic E-state index is 0.178. The zero-order chi connectivity index (χ0) is 11.6. The molecule has 1 amide bonds. The summed E-state index contributed by atoms with van der Waals surface area (Å²) in [7, 11) is 0. The van der Waals surface area contributed by atoms with Crippen molar-refractivity contribution in [2.75, 3.05) is 31.4 Å². The van der Waals surface area contributed by atoms with Crippen LogP contribution in [0, 0.1) is 0 Å². The van der Waals surface area contributed by atoms with Crippen LogP contribution in [0.5, 0.6) is 0 Å². The molecule has 0 aromatic carbocycles. The second kappa shape index (κ2) is 9.14. The Balaban J connectivity index is 1.97. The predicted molar refractivity (Wildman–Crippen MR) is 69.3 cm³/mol. The molecule has 1 saturated heterocycles. The zero-order valence-electron chi connectivity index (χ0n) is 9.54. The number of amides is 1. The first-order chi connectivity index (χ1) is 7.84. The fraction of sp³-hybridized carbons (Fsp3) is 0.909. The van der Waals surface area contributed by atoms with Crippen LogP contribution in [-0.2, 0) is 9.53 Å². The molecule has 3 nitrogen and oxygen atoms in total. The predicted octanol–water partition coefficient (Wildman–Crippen LogP) is 2.03. The smallest absolute Gasteiger partial charge is 0.233 e. The van der Waals surface area contributed by atoms with Gasteiger partial charge in [0.25, 0.3) is 0 Å². The summed E-state index contributed by atoms with van der Waals surface area (Å²) in [5, 5.41) is 3.13. The van der Waals surface area contributed by atoms with E-state index in [0.29, 0.717) is 25.6 Å². The maximum atomic E-state index is 11.7. The molecule has 16 heavy (non-hydrogen) atoms. The fourth-order valence-corrected chi connectivity index (χ4v) is 2.94. The lowest BCUT2D eigenvalue weighted by Gasteiger charge is -2.20. The Morgan fingerprint density at radius 2 is 2.31 bits per heavy atom. The maximum absolute atomic E-state index is 11.7. The van der Waals surface area contributed by atoms with Crippen molar-refractivity contribution in [2.24, 2.45) is 0 Å². The van der Waals surface area contributed by atoms with Gasteiger partial charge in [0.1, 0.15) is 0 Å². The van der Waals surface area contributed by atoms with Gasteiger partial charge in [0.2, 0.25) is 5.91 Å². The van der Waals surface area contributed by atoms with E-state index in [-0.39, 0.29) is 11.2 Å². The van der Waals surface area contributed by atoms with Crippen molar-refractivity contribution in [2.45, 2.75) is 30.9 Å². The minimum atomic E-state index is 0.178. The van der Waals surface area contributed by atoms with Gasteiger partial charge in [-0.2, -0.15) is 0 Å².